The van der Waals surface area contributed by atoms with E-state index in [1.165, 1.54) is 11.8 Å². The van der Waals surface area contributed by atoms with Crippen LogP contribution in [-0.4, -0.2) is 41.8 Å². The number of amides is 1. The van der Waals surface area contributed by atoms with Crippen molar-refractivity contribution in [2.24, 2.45) is 4.99 Å². The number of methoxy groups -OCH3 is 1. The summed E-state index contributed by atoms with van der Waals surface area (Å²) >= 11 is 2.91. The summed E-state index contributed by atoms with van der Waals surface area (Å²) in [5, 5.41) is 10.9. The Kier molecular flexibility index (Phi) is 5.29. The van der Waals surface area contributed by atoms with Crippen molar-refractivity contribution in [3.8, 4) is 11.5 Å². The van der Waals surface area contributed by atoms with E-state index in [1.54, 1.807) is 54.1 Å². The number of carbonyl (C=O) groups excluding carboxylic acids is 1. The Morgan fingerprint density at radius 3 is 2.66 bits per heavy atom. The highest BCUT2D eigenvalue weighted by Gasteiger charge is 2.38. The standard InChI is InChI=1S/C21H19N3O3S2/c1-4-11-24-19(26)18(29-21(24)22-13-5-7-14(25)8-6-13)20-23(2)16-12-15(27-3)9-10-17(16)28-20/h4-10,12,25H,1,11H2,2-3H3/b20-18-,22-21?. The Hall–Kier alpha value is -2.84. The zero-order valence-electron chi connectivity index (χ0n) is 16.0. The lowest BCUT2D eigenvalue weighted by molar-refractivity contribution is -0.121. The largest absolute Gasteiger partial charge is 0.508 e. The molecule has 8 heteroatoms. The molecule has 2 aromatic rings. The van der Waals surface area contributed by atoms with Crippen molar-refractivity contribution in [2.75, 3.05) is 25.6 Å². The van der Waals surface area contributed by atoms with Crippen LogP contribution in [0, 0.1) is 0 Å². The Balaban J connectivity index is 1.72. The van der Waals surface area contributed by atoms with Gasteiger partial charge < -0.3 is 14.7 Å². The van der Waals surface area contributed by atoms with E-state index in [4.69, 9.17) is 4.74 Å². The van der Waals surface area contributed by atoms with Gasteiger partial charge in [0.05, 0.1) is 23.5 Å². The van der Waals surface area contributed by atoms with Gasteiger partial charge in [0.1, 0.15) is 16.4 Å². The molecule has 0 saturated carbocycles. The third kappa shape index (κ3) is 3.61. The number of phenols is 1. The number of hydrogen-bond donors (Lipinski definition) is 1. The molecule has 4 rings (SSSR count). The molecule has 1 saturated heterocycles. The molecule has 0 atom stereocenters. The Labute approximate surface area is 177 Å². The van der Waals surface area contributed by atoms with Gasteiger partial charge in [-0.1, -0.05) is 17.8 Å². The van der Waals surface area contributed by atoms with Gasteiger partial charge in [0, 0.05) is 24.6 Å². The number of thioether (sulfide) groups is 2. The van der Waals surface area contributed by atoms with Crippen molar-refractivity contribution in [3.05, 3.63) is 65.1 Å². The fraction of sp³-hybridized carbons (Fsp3) is 0.143. The first-order chi connectivity index (χ1) is 14.0. The van der Waals surface area contributed by atoms with Crippen molar-refractivity contribution in [3.63, 3.8) is 0 Å². The average molecular weight is 426 g/mol. The quantitative estimate of drug-likeness (QED) is 0.572. The number of benzene rings is 2. The van der Waals surface area contributed by atoms with Crippen molar-refractivity contribution < 1.29 is 14.6 Å². The number of fused-ring (bicyclic) bond motifs is 1. The van der Waals surface area contributed by atoms with Crippen LogP contribution < -0.4 is 9.64 Å². The molecular formula is C21H19N3O3S2. The number of rotatable bonds is 4. The van der Waals surface area contributed by atoms with Gasteiger partial charge in [-0.3, -0.25) is 9.69 Å². The zero-order chi connectivity index (χ0) is 20.5. The van der Waals surface area contributed by atoms with E-state index in [-0.39, 0.29) is 11.7 Å². The number of amidine groups is 1. The maximum Gasteiger partial charge on any atom is 0.269 e. The van der Waals surface area contributed by atoms with Gasteiger partial charge in [-0.25, -0.2) is 4.99 Å². The molecule has 2 aliphatic rings. The summed E-state index contributed by atoms with van der Waals surface area (Å²) in [5.41, 5.74) is 1.67. The monoisotopic (exact) mass is 425 g/mol. The molecule has 0 aromatic heterocycles. The third-order valence-corrected chi connectivity index (χ3v) is 6.91. The minimum Gasteiger partial charge on any atom is -0.508 e. The number of aromatic hydroxyl groups is 1. The van der Waals surface area contributed by atoms with Gasteiger partial charge in [-0.05, 0) is 48.2 Å². The van der Waals surface area contributed by atoms with Gasteiger partial charge in [0.2, 0.25) is 0 Å². The van der Waals surface area contributed by atoms with Gasteiger partial charge in [-0.2, -0.15) is 0 Å². The molecule has 0 unspecified atom stereocenters. The maximum absolute atomic E-state index is 13.2. The van der Waals surface area contributed by atoms with Gasteiger partial charge in [0.15, 0.2) is 5.17 Å². The number of nitrogens with zero attached hydrogens (tertiary/aromatic N) is 3. The molecule has 2 aliphatic heterocycles. The van der Waals surface area contributed by atoms with Gasteiger partial charge >= 0.3 is 0 Å². The van der Waals surface area contributed by atoms with Crippen LogP contribution >= 0.6 is 23.5 Å². The molecule has 1 N–H and O–H groups in total. The summed E-state index contributed by atoms with van der Waals surface area (Å²) < 4.78 is 5.33. The summed E-state index contributed by atoms with van der Waals surface area (Å²) in [6.45, 7) is 4.13. The number of ether oxygens (including phenoxy) is 1. The van der Waals surface area contributed by atoms with Crippen LogP contribution in [0.4, 0.5) is 11.4 Å². The number of aliphatic imine (C=N–C) groups is 1. The Morgan fingerprint density at radius 2 is 1.97 bits per heavy atom. The molecule has 1 fully saturated rings. The third-order valence-electron chi connectivity index (χ3n) is 4.48. The fourth-order valence-corrected chi connectivity index (χ4v) is 5.33. The van der Waals surface area contributed by atoms with Crippen LogP contribution in [0.15, 0.2) is 74.9 Å². The van der Waals surface area contributed by atoms with Crippen molar-refractivity contribution in [2.45, 2.75) is 4.90 Å². The SMILES string of the molecule is C=CCN1C(=O)/C(=C2/Sc3ccc(OC)cc3N2C)SC1=Nc1ccc(O)cc1. The minimum absolute atomic E-state index is 0.0958. The summed E-state index contributed by atoms with van der Waals surface area (Å²) in [4.78, 5) is 23.1. The molecule has 2 heterocycles. The summed E-state index contributed by atoms with van der Waals surface area (Å²) in [7, 11) is 3.58. The van der Waals surface area contributed by atoms with Crippen LogP contribution in [0.3, 0.4) is 0 Å². The maximum atomic E-state index is 13.2. The molecule has 0 spiro atoms. The van der Waals surface area contributed by atoms with Crippen LogP contribution in [0.2, 0.25) is 0 Å². The minimum atomic E-state index is -0.0958. The highest BCUT2D eigenvalue weighted by molar-refractivity contribution is 8.19. The van der Waals surface area contributed by atoms with E-state index in [9.17, 15) is 9.90 Å². The average Bonchev–Trinajstić information content (AvgIpc) is 3.21. The second-order valence-electron chi connectivity index (χ2n) is 6.35. The summed E-state index contributed by atoms with van der Waals surface area (Å²) in [5.74, 6) is 0.851. The van der Waals surface area contributed by atoms with E-state index < -0.39 is 0 Å². The van der Waals surface area contributed by atoms with Gasteiger partial charge in [-0.15, -0.1) is 6.58 Å². The Bertz CT molecular complexity index is 1050. The lowest BCUT2D eigenvalue weighted by atomic mass is 10.3. The molecule has 2 aromatic carbocycles. The first-order valence-electron chi connectivity index (χ1n) is 8.84. The molecule has 0 bridgehead atoms. The van der Waals surface area contributed by atoms with E-state index >= 15 is 0 Å². The van der Waals surface area contributed by atoms with E-state index in [2.05, 4.69) is 11.6 Å². The van der Waals surface area contributed by atoms with E-state index in [1.807, 2.05) is 30.1 Å². The number of hydrogen-bond acceptors (Lipinski definition) is 7. The van der Waals surface area contributed by atoms with Crippen molar-refractivity contribution in [1.82, 2.24) is 4.90 Å². The zero-order valence-corrected chi connectivity index (χ0v) is 17.6. The van der Waals surface area contributed by atoms with Crippen LogP contribution in [0.25, 0.3) is 0 Å². The van der Waals surface area contributed by atoms with Crippen LogP contribution in [0.5, 0.6) is 11.5 Å². The molecule has 6 nitrogen and oxygen atoms in total. The topological polar surface area (TPSA) is 65.4 Å². The smallest absolute Gasteiger partial charge is 0.269 e. The van der Waals surface area contributed by atoms with E-state index in [0.717, 1.165) is 21.4 Å². The number of anilines is 1. The molecule has 29 heavy (non-hydrogen) atoms. The first kappa shape index (κ1) is 19.5. The molecule has 148 valence electrons. The Morgan fingerprint density at radius 1 is 1.21 bits per heavy atom. The summed E-state index contributed by atoms with van der Waals surface area (Å²) in [6, 6.07) is 12.4. The van der Waals surface area contributed by atoms with Crippen LogP contribution in [-0.2, 0) is 4.79 Å². The molecule has 0 radical (unpaired) electrons. The highest BCUT2D eigenvalue weighted by Crippen LogP contribution is 2.51. The lowest BCUT2D eigenvalue weighted by Crippen LogP contribution is -2.29. The molecule has 1 amide bonds. The number of carbonyl (C=O) groups is 1. The van der Waals surface area contributed by atoms with Crippen LogP contribution in [0.1, 0.15) is 0 Å². The normalized spacial score (nSPS) is 19.8. The predicted octanol–water partition coefficient (Wildman–Crippen LogP) is 4.56. The molecule has 0 aliphatic carbocycles. The summed E-state index contributed by atoms with van der Waals surface area (Å²) in [6.07, 6.45) is 1.68. The van der Waals surface area contributed by atoms with Crippen molar-refractivity contribution in [1.29, 1.82) is 0 Å². The van der Waals surface area contributed by atoms with Gasteiger partial charge in [0.25, 0.3) is 5.91 Å². The fourth-order valence-electron chi connectivity index (χ4n) is 3.00. The van der Waals surface area contributed by atoms with E-state index in [0.29, 0.717) is 22.3 Å². The second-order valence-corrected chi connectivity index (χ2v) is 8.35. The predicted molar refractivity (Wildman–Crippen MR) is 119 cm³/mol. The first-order valence-corrected chi connectivity index (χ1v) is 10.5. The second kappa shape index (κ2) is 7.88. The molecular weight excluding hydrogens is 406 g/mol. The number of phenolic OH excluding ortho intramolecular Hbond substituents is 1. The lowest BCUT2D eigenvalue weighted by Gasteiger charge is -2.15. The van der Waals surface area contributed by atoms with Crippen molar-refractivity contribution >= 4 is 46.0 Å². The highest BCUT2D eigenvalue weighted by atomic mass is 32.2.